The van der Waals surface area contributed by atoms with Crippen LogP contribution in [-0.4, -0.2) is 25.6 Å². The van der Waals surface area contributed by atoms with E-state index in [-0.39, 0.29) is 13.4 Å². The topological polar surface area (TPSA) is 38.7 Å². The van der Waals surface area contributed by atoms with Crippen LogP contribution in [0.5, 0.6) is 5.75 Å². The molecule has 0 saturated heterocycles. The summed E-state index contributed by atoms with van der Waals surface area (Å²) in [6.45, 7) is 2.61. The van der Waals surface area contributed by atoms with Gasteiger partial charge in [0.2, 0.25) is 0 Å². The molecule has 0 unspecified atom stereocenters. The van der Waals surface area contributed by atoms with Gasteiger partial charge in [-0.1, -0.05) is 15.9 Å². The summed E-state index contributed by atoms with van der Waals surface area (Å²) in [4.78, 5) is 0. The summed E-state index contributed by atoms with van der Waals surface area (Å²) in [6, 6.07) is 3.99. The van der Waals surface area contributed by atoms with Gasteiger partial charge >= 0.3 is 0 Å². The van der Waals surface area contributed by atoms with Crippen molar-refractivity contribution < 1.29 is 14.6 Å². The second kappa shape index (κ2) is 5.38. The normalized spacial score (nSPS) is 22.6. The number of hydrogen-bond acceptors (Lipinski definition) is 3. The monoisotopic (exact) mass is 300 g/mol. The van der Waals surface area contributed by atoms with Crippen LogP contribution in [0.2, 0.25) is 0 Å². The second-order valence-corrected chi connectivity index (χ2v) is 5.33. The minimum absolute atomic E-state index is 0.258. The van der Waals surface area contributed by atoms with E-state index in [9.17, 15) is 0 Å². The first kappa shape index (κ1) is 12.9. The lowest BCUT2D eigenvalue weighted by molar-refractivity contribution is 0.0510. The Kier molecular flexibility index (Phi) is 4.07. The van der Waals surface area contributed by atoms with Gasteiger partial charge in [-0.05, 0) is 48.4 Å². The molecule has 1 aromatic rings. The van der Waals surface area contributed by atoms with Crippen molar-refractivity contribution in [2.75, 3.05) is 20.5 Å². The lowest BCUT2D eigenvalue weighted by Gasteiger charge is -2.12. The largest absolute Gasteiger partial charge is 0.468 e. The van der Waals surface area contributed by atoms with Crippen LogP contribution in [0.1, 0.15) is 23.5 Å². The van der Waals surface area contributed by atoms with Crippen molar-refractivity contribution in [2.45, 2.75) is 19.3 Å². The van der Waals surface area contributed by atoms with Crippen LogP contribution in [0.4, 0.5) is 0 Å². The minimum Gasteiger partial charge on any atom is -0.468 e. The Hall–Kier alpha value is -0.580. The van der Waals surface area contributed by atoms with Crippen LogP contribution < -0.4 is 4.74 Å². The standard InChI is InChI=1S/C13H17BrO3/c1-8-3-10(17-7-16-2)5-12(14)13(8)11-4-9(11)6-15/h3,5,9,11,15H,4,6-7H2,1-2H3/t9-,11-/m0/s1. The second-order valence-electron chi connectivity index (χ2n) is 4.47. The zero-order valence-electron chi connectivity index (χ0n) is 10.1. The maximum Gasteiger partial charge on any atom is 0.188 e. The van der Waals surface area contributed by atoms with E-state index >= 15 is 0 Å². The molecule has 0 radical (unpaired) electrons. The van der Waals surface area contributed by atoms with Crippen LogP contribution in [0.3, 0.4) is 0 Å². The molecule has 1 aliphatic carbocycles. The van der Waals surface area contributed by atoms with Gasteiger partial charge in [-0.3, -0.25) is 0 Å². The molecule has 17 heavy (non-hydrogen) atoms. The van der Waals surface area contributed by atoms with E-state index in [2.05, 4.69) is 22.9 Å². The Labute approximate surface area is 110 Å². The maximum atomic E-state index is 9.13. The number of rotatable bonds is 5. The third-order valence-corrected chi connectivity index (χ3v) is 3.84. The van der Waals surface area contributed by atoms with Gasteiger partial charge in [-0.25, -0.2) is 0 Å². The number of ether oxygens (including phenoxy) is 2. The van der Waals surface area contributed by atoms with Crippen molar-refractivity contribution in [1.29, 1.82) is 0 Å². The van der Waals surface area contributed by atoms with Crippen molar-refractivity contribution in [3.05, 3.63) is 27.7 Å². The number of hydrogen-bond donors (Lipinski definition) is 1. The fourth-order valence-electron chi connectivity index (χ4n) is 2.21. The first-order valence-electron chi connectivity index (χ1n) is 5.70. The van der Waals surface area contributed by atoms with E-state index in [0.717, 1.165) is 16.6 Å². The van der Waals surface area contributed by atoms with Gasteiger partial charge < -0.3 is 14.6 Å². The van der Waals surface area contributed by atoms with Crippen molar-refractivity contribution in [3.8, 4) is 5.75 Å². The Morgan fingerprint density at radius 3 is 2.76 bits per heavy atom. The first-order valence-corrected chi connectivity index (χ1v) is 6.49. The highest BCUT2D eigenvalue weighted by atomic mass is 79.9. The molecule has 0 spiro atoms. The summed E-state index contributed by atoms with van der Waals surface area (Å²) in [5.41, 5.74) is 2.50. The van der Waals surface area contributed by atoms with Gasteiger partial charge in [0.15, 0.2) is 6.79 Å². The van der Waals surface area contributed by atoms with Gasteiger partial charge in [0.1, 0.15) is 5.75 Å². The van der Waals surface area contributed by atoms with Crippen molar-refractivity contribution in [2.24, 2.45) is 5.92 Å². The predicted octanol–water partition coefficient (Wildman–Crippen LogP) is 2.84. The zero-order valence-corrected chi connectivity index (χ0v) is 11.7. The molecular weight excluding hydrogens is 284 g/mol. The fourth-order valence-corrected chi connectivity index (χ4v) is 3.04. The highest BCUT2D eigenvalue weighted by molar-refractivity contribution is 9.10. The molecule has 1 saturated carbocycles. The van der Waals surface area contributed by atoms with Crippen LogP contribution in [0.25, 0.3) is 0 Å². The molecule has 1 aromatic carbocycles. The summed E-state index contributed by atoms with van der Waals surface area (Å²) in [6.07, 6.45) is 1.08. The van der Waals surface area contributed by atoms with E-state index < -0.39 is 0 Å². The number of halogens is 1. The molecule has 0 amide bonds. The molecule has 94 valence electrons. The van der Waals surface area contributed by atoms with Crippen LogP contribution in [0, 0.1) is 12.8 Å². The van der Waals surface area contributed by atoms with Gasteiger partial charge in [0, 0.05) is 18.2 Å². The first-order chi connectivity index (χ1) is 8.17. The summed E-state index contributed by atoms with van der Waals surface area (Å²) < 4.78 is 11.4. The molecule has 2 rings (SSSR count). The van der Waals surface area contributed by atoms with Crippen LogP contribution in [0.15, 0.2) is 16.6 Å². The van der Waals surface area contributed by atoms with E-state index in [4.69, 9.17) is 14.6 Å². The lowest BCUT2D eigenvalue weighted by Crippen LogP contribution is -2.00. The molecule has 0 bridgehead atoms. The molecule has 1 aliphatic rings. The number of methoxy groups -OCH3 is 1. The zero-order chi connectivity index (χ0) is 12.4. The van der Waals surface area contributed by atoms with Crippen molar-refractivity contribution in [3.63, 3.8) is 0 Å². The summed E-state index contributed by atoms with van der Waals surface area (Å²) >= 11 is 3.58. The smallest absolute Gasteiger partial charge is 0.188 e. The van der Waals surface area contributed by atoms with Gasteiger partial charge in [0.25, 0.3) is 0 Å². The molecule has 0 aromatic heterocycles. The van der Waals surface area contributed by atoms with Crippen molar-refractivity contribution >= 4 is 15.9 Å². The number of aryl methyl sites for hydroxylation is 1. The molecule has 0 aliphatic heterocycles. The molecule has 2 atom stereocenters. The molecule has 1 fully saturated rings. The van der Waals surface area contributed by atoms with E-state index in [1.165, 1.54) is 11.1 Å². The summed E-state index contributed by atoms with van der Waals surface area (Å²) in [5, 5.41) is 9.13. The van der Waals surface area contributed by atoms with Gasteiger partial charge in [-0.15, -0.1) is 0 Å². The summed E-state index contributed by atoms with van der Waals surface area (Å²) in [5.74, 6) is 1.72. The Balaban J connectivity index is 2.18. The Morgan fingerprint density at radius 1 is 1.47 bits per heavy atom. The van der Waals surface area contributed by atoms with E-state index in [1.54, 1.807) is 7.11 Å². The SMILES string of the molecule is COCOc1cc(C)c([C@H]2C[C@H]2CO)c(Br)c1. The van der Waals surface area contributed by atoms with Crippen molar-refractivity contribution in [1.82, 2.24) is 0 Å². The number of aliphatic hydroxyl groups excluding tert-OH is 1. The molecule has 3 nitrogen and oxygen atoms in total. The molecule has 0 heterocycles. The molecule has 4 heteroatoms. The van der Waals surface area contributed by atoms with Crippen LogP contribution >= 0.6 is 15.9 Å². The highest BCUT2D eigenvalue weighted by Crippen LogP contribution is 2.51. The average molecular weight is 301 g/mol. The van der Waals surface area contributed by atoms with Gasteiger partial charge in [-0.2, -0.15) is 0 Å². The molecular formula is C13H17BrO3. The fraction of sp³-hybridized carbons (Fsp3) is 0.538. The number of benzene rings is 1. The molecule has 1 N–H and O–H groups in total. The van der Waals surface area contributed by atoms with Gasteiger partial charge in [0.05, 0.1) is 0 Å². The Bertz CT molecular complexity index is 383. The Morgan fingerprint density at radius 2 is 2.24 bits per heavy atom. The van der Waals surface area contributed by atoms with Crippen LogP contribution in [-0.2, 0) is 4.74 Å². The third-order valence-electron chi connectivity index (χ3n) is 3.18. The average Bonchev–Trinajstić information content (AvgIpc) is 3.05. The summed E-state index contributed by atoms with van der Waals surface area (Å²) in [7, 11) is 1.60. The highest BCUT2D eigenvalue weighted by Gasteiger charge is 2.39. The predicted molar refractivity (Wildman–Crippen MR) is 69.3 cm³/mol. The van der Waals surface area contributed by atoms with E-state index in [0.29, 0.717) is 11.8 Å². The third kappa shape index (κ3) is 2.81. The maximum absolute atomic E-state index is 9.13. The van der Waals surface area contributed by atoms with E-state index in [1.807, 2.05) is 12.1 Å². The quantitative estimate of drug-likeness (QED) is 0.850. The lowest BCUT2D eigenvalue weighted by atomic mass is 10.0. The number of aliphatic hydroxyl groups is 1. The minimum atomic E-state index is 0.258.